The van der Waals surface area contributed by atoms with Crippen LogP contribution in [0.2, 0.25) is 0 Å². The van der Waals surface area contributed by atoms with E-state index in [1.807, 2.05) is 36.7 Å². The van der Waals surface area contributed by atoms with Crippen LogP contribution in [0.3, 0.4) is 0 Å². The van der Waals surface area contributed by atoms with Crippen molar-refractivity contribution in [3.05, 3.63) is 22.9 Å². The molecule has 0 saturated heterocycles. The van der Waals surface area contributed by atoms with Crippen molar-refractivity contribution in [3.63, 3.8) is 0 Å². The van der Waals surface area contributed by atoms with Crippen molar-refractivity contribution < 1.29 is 4.79 Å². The van der Waals surface area contributed by atoms with Gasteiger partial charge in [0.1, 0.15) is 5.78 Å². The third kappa shape index (κ3) is 7.26. The van der Waals surface area contributed by atoms with E-state index in [9.17, 15) is 4.79 Å². The zero-order valence-electron chi connectivity index (χ0n) is 7.04. The van der Waals surface area contributed by atoms with Gasteiger partial charge in [-0.15, -0.1) is 0 Å². The number of hydrogen-bond donors (Lipinski definition) is 0. The molecule has 1 heterocycles. The van der Waals surface area contributed by atoms with E-state index in [0.717, 1.165) is 0 Å². The molecule has 0 unspecified atom stereocenters. The van der Waals surface area contributed by atoms with Gasteiger partial charge in [0.05, 0.1) is 0 Å². The number of carbonyl (C=O) groups excluding carboxylic acids is 1. The van der Waals surface area contributed by atoms with Gasteiger partial charge in [-0.3, -0.25) is 4.79 Å². The Morgan fingerprint density at radius 2 is 1.64 bits per heavy atom. The fourth-order valence-electron chi connectivity index (χ4n) is 0.477. The largest absolute Gasteiger partial charge is 0.300 e. The molecule has 0 fully saturated rings. The van der Waals surface area contributed by atoms with E-state index in [4.69, 9.17) is 0 Å². The van der Waals surface area contributed by atoms with E-state index in [1.54, 1.807) is 11.3 Å². The maximum absolute atomic E-state index is 10.2. The molecule has 0 N–H and O–H groups in total. The molecule has 0 aromatic carbocycles. The minimum atomic E-state index is 0.343. The Morgan fingerprint density at radius 1 is 1.18 bits per heavy atom. The van der Waals surface area contributed by atoms with Crippen molar-refractivity contribution in [1.82, 2.24) is 0 Å². The summed E-state index contributed by atoms with van der Waals surface area (Å²) < 4.78 is 0. The average Bonchev–Trinajstić information content (AvgIpc) is 2.60. The second-order valence-corrected chi connectivity index (χ2v) is 2.86. The molecule has 11 heavy (non-hydrogen) atoms. The van der Waals surface area contributed by atoms with Crippen LogP contribution >= 0.6 is 11.3 Å². The smallest absolute Gasteiger partial charge is 0.132 e. The van der Waals surface area contributed by atoms with E-state index in [1.165, 1.54) is 0 Å². The molecular weight excluding hydrogens is 156 g/mol. The quantitative estimate of drug-likeness (QED) is 0.666. The monoisotopic (exact) mass is 170 g/mol. The highest BCUT2D eigenvalue weighted by Gasteiger charge is 1.86. The highest BCUT2D eigenvalue weighted by molar-refractivity contribution is 7.07. The van der Waals surface area contributed by atoms with Gasteiger partial charge in [-0.2, -0.15) is 11.3 Å². The SMILES string of the molecule is CCC(=O)CC.c1ccsc1. The second kappa shape index (κ2) is 7.48. The first-order chi connectivity index (χ1) is 5.31. The summed E-state index contributed by atoms with van der Waals surface area (Å²) in [6.45, 7) is 3.76. The van der Waals surface area contributed by atoms with Crippen LogP contribution in [0, 0.1) is 0 Å². The van der Waals surface area contributed by atoms with Crippen LogP contribution in [0.5, 0.6) is 0 Å². The first-order valence-corrected chi connectivity index (χ1v) is 4.74. The molecular formula is C9H14OS. The zero-order valence-corrected chi connectivity index (χ0v) is 7.86. The van der Waals surface area contributed by atoms with Gasteiger partial charge in [0, 0.05) is 12.8 Å². The molecule has 0 radical (unpaired) electrons. The minimum Gasteiger partial charge on any atom is -0.300 e. The minimum absolute atomic E-state index is 0.343. The van der Waals surface area contributed by atoms with Gasteiger partial charge in [0.2, 0.25) is 0 Å². The van der Waals surface area contributed by atoms with Crippen LogP contribution in [0.1, 0.15) is 26.7 Å². The van der Waals surface area contributed by atoms with E-state index in [-0.39, 0.29) is 0 Å². The van der Waals surface area contributed by atoms with Crippen LogP contribution in [0.4, 0.5) is 0 Å². The van der Waals surface area contributed by atoms with Crippen molar-refractivity contribution in [2.45, 2.75) is 26.7 Å². The van der Waals surface area contributed by atoms with E-state index in [0.29, 0.717) is 18.6 Å². The predicted octanol–water partition coefficient (Wildman–Crippen LogP) is 3.12. The molecule has 0 atom stereocenters. The Bertz CT molecular complexity index is 144. The van der Waals surface area contributed by atoms with Crippen LogP contribution in [-0.2, 0) is 4.79 Å². The molecule has 0 amide bonds. The van der Waals surface area contributed by atoms with Gasteiger partial charge >= 0.3 is 0 Å². The van der Waals surface area contributed by atoms with Gasteiger partial charge in [-0.1, -0.05) is 26.0 Å². The summed E-state index contributed by atoms with van der Waals surface area (Å²) >= 11 is 1.71. The Kier molecular flexibility index (Phi) is 7.05. The van der Waals surface area contributed by atoms with Gasteiger partial charge in [-0.25, -0.2) is 0 Å². The van der Waals surface area contributed by atoms with Gasteiger partial charge in [0.25, 0.3) is 0 Å². The summed E-state index contributed by atoms with van der Waals surface area (Å²) in [7, 11) is 0. The summed E-state index contributed by atoms with van der Waals surface area (Å²) in [6.07, 6.45) is 1.38. The molecule has 0 bridgehead atoms. The van der Waals surface area contributed by atoms with Crippen molar-refractivity contribution in [1.29, 1.82) is 0 Å². The van der Waals surface area contributed by atoms with E-state index < -0.39 is 0 Å². The van der Waals surface area contributed by atoms with Crippen LogP contribution in [-0.4, -0.2) is 5.78 Å². The zero-order chi connectivity index (χ0) is 8.53. The Morgan fingerprint density at radius 3 is 1.73 bits per heavy atom. The number of Topliss-reactive ketones (excluding diaryl/α,β-unsaturated/α-hetero) is 1. The van der Waals surface area contributed by atoms with Crippen LogP contribution < -0.4 is 0 Å². The lowest BCUT2D eigenvalue weighted by Crippen LogP contribution is -1.88. The number of hydrogen-bond acceptors (Lipinski definition) is 2. The number of thiophene rings is 1. The summed E-state index contributed by atoms with van der Waals surface area (Å²) in [4.78, 5) is 10.2. The number of rotatable bonds is 2. The third-order valence-corrected chi connectivity index (χ3v) is 1.84. The topological polar surface area (TPSA) is 17.1 Å². The standard InChI is InChI=1S/C5H10O.C4H4S/c1-3-5(6)4-2;1-2-4-5-3-1/h3-4H2,1-2H3;1-4H. The first kappa shape index (κ1) is 10.4. The summed E-state index contributed by atoms with van der Waals surface area (Å²) in [5.41, 5.74) is 0. The fourth-order valence-corrected chi connectivity index (χ4v) is 0.930. The molecule has 0 aliphatic rings. The maximum Gasteiger partial charge on any atom is 0.132 e. The average molecular weight is 170 g/mol. The molecule has 62 valence electrons. The molecule has 1 nitrogen and oxygen atoms in total. The number of carbonyl (C=O) groups is 1. The summed E-state index contributed by atoms with van der Waals surface area (Å²) in [5.74, 6) is 0.343. The molecule has 1 rings (SSSR count). The van der Waals surface area contributed by atoms with Crippen molar-refractivity contribution in [2.24, 2.45) is 0 Å². The normalized spacial score (nSPS) is 8.18. The van der Waals surface area contributed by atoms with E-state index in [2.05, 4.69) is 0 Å². The third-order valence-electron chi connectivity index (χ3n) is 1.21. The Balaban J connectivity index is 0.000000183. The van der Waals surface area contributed by atoms with Gasteiger partial charge < -0.3 is 0 Å². The molecule has 2 heteroatoms. The molecule has 1 aromatic heterocycles. The summed E-state index contributed by atoms with van der Waals surface area (Å²) in [6, 6.07) is 4.04. The lowest BCUT2D eigenvalue weighted by atomic mass is 10.3. The lowest BCUT2D eigenvalue weighted by molar-refractivity contribution is -0.118. The second-order valence-electron chi connectivity index (χ2n) is 2.04. The summed E-state index contributed by atoms with van der Waals surface area (Å²) in [5, 5.41) is 4.08. The van der Waals surface area contributed by atoms with Crippen molar-refractivity contribution in [2.75, 3.05) is 0 Å². The van der Waals surface area contributed by atoms with Crippen molar-refractivity contribution in [3.8, 4) is 0 Å². The fraction of sp³-hybridized carbons (Fsp3) is 0.444. The molecule has 0 spiro atoms. The molecule has 1 aromatic rings. The van der Waals surface area contributed by atoms with Gasteiger partial charge in [-0.05, 0) is 10.8 Å². The molecule has 0 saturated carbocycles. The van der Waals surface area contributed by atoms with Crippen LogP contribution in [0.25, 0.3) is 0 Å². The van der Waals surface area contributed by atoms with E-state index >= 15 is 0 Å². The molecule has 0 aliphatic heterocycles. The lowest BCUT2D eigenvalue weighted by Gasteiger charge is -1.81. The maximum atomic E-state index is 10.2. The van der Waals surface area contributed by atoms with Crippen LogP contribution in [0.15, 0.2) is 22.9 Å². The molecule has 0 aliphatic carbocycles. The highest BCUT2D eigenvalue weighted by atomic mass is 32.1. The Hall–Kier alpha value is -0.630. The first-order valence-electron chi connectivity index (χ1n) is 3.80. The number of ketones is 1. The van der Waals surface area contributed by atoms with Gasteiger partial charge in [0.15, 0.2) is 0 Å². The predicted molar refractivity (Wildman–Crippen MR) is 49.9 cm³/mol. The Labute approximate surface area is 72.1 Å². The highest BCUT2D eigenvalue weighted by Crippen LogP contribution is 1.91. The van der Waals surface area contributed by atoms with Crippen molar-refractivity contribution >= 4 is 17.1 Å².